The second-order valence-corrected chi connectivity index (χ2v) is 37.4. The fraction of sp³-hybridized carbons (Fsp3) is 0. The summed E-state index contributed by atoms with van der Waals surface area (Å²) in [5.74, 6) is 0. The van der Waals surface area contributed by atoms with Crippen molar-refractivity contribution in [3.8, 4) is 122 Å². The van der Waals surface area contributed by atoms with Crippen LogP contribution >= 0.6 is 0 Å². The quantitative estimate of drug-likeness (QED) is 0.0753. The zero-order valence-electron chi connectivity index (χ0n) is 81.2. The van der Waals surface area contributed by atoms with Gasteiger partial charge in [0.15, 0.2) is 0 Å². The zero-order valence-corrected chi connectivity index (χ0v) is 81.2. The maximum Gasteiger partial charge on any atom is 0.0462 e. The fourth-order valence-electron chi connectivity index (χ4n) is 20.7. The lowest BCUT2D eigenvalue weighted by atomic mass is 9.96. The first-order valence-corrected chi connectivity index (χ1v) is 50.4. The van der Waals surface area contributed by atoms with Crippen molar-refractivity contribution >= 4 is 116 Å². The Morgan fingerprint density at radius 2 is 0.231 bits per heavy atom. The maximum atomic E-state index is 2.34. The number of para-hydroxylation sites is 1. The Balaban J connectivity index is 0.000000118. The van der Waals surface area contributed by atoms with Gasteiger partial charge in [0.05, 0.1) is 0 Å². The molecule has 0 aliphatic heterocycles. The van der Waals surface area contributed by atoms with Gasteiger partial charge in [-0.05, 0) is 314 Å². The molecule has 0 amide bonds. The highest BCUT2D eigenvalue weighted by Crippen LogP contribution is 2.45. The van der Waals surface area contributed by atoms with Crippen LogP contribution in [0.25, 0.3) is 187 Å². The minimum Gasteiger partial charge on any atom is -0.311 e. The number of rotatable bonds is 20. The predicted molar refractivity (Wildman–Crippen MR) is 628 cm³/mol. The molecule has 0 heterocycles. The molecular weight excluding hydrogens is 1770 g/mol. The van der Waals surface area contributed by atoms with Gasteiger partial charge in [0.2, 0.25) is 0 Å². The summed E-state index contributed by atoms with van der Waals surface area (Å²) >= 11 is 0. The third-order valence-electron chi connectivity index (χ3n) is 28.4. The SMILES string of the molecule is c1ccc(-c2ccc(N(c3ccc(-c4ccc(-c5cccc6ccccc56)cc4)cc3)c3ccc(-c4ccc5ccccc5c4)cc3)cc2)cc1.c1ccc(-c2ccc(N(c3ccc(-c4ccc5ccccc5c4)cc3)c3ccc(-c4cccc5ccccc45)cc3)cc2)cc1.c1ccc(N(c2ccc(-c3ccc(-c4ccc5ccccc5c4)cc3)cc2)c2ccc(-c3ccc(-c4cccc5ccccc45)cc3)cc2)cc1. The molecule has 26 aromatic carbocycles. The van der Waals surface area contributed by atoms with Gasteiger partial charge in [-0.1, -0.05) is 485 Å². The van der Waals surface area contributed by atoms with Gasteiger partial charge in [0.25, 0.3) is 0 Å². The van der Waals surface area contributed by atoms with Gasteiger partial charge in [-0.15, -0.1) is 0 Å². The summed E-state index contributed by atoms with van der Waals surface area (Å²) in [6.07, 6.45) is 0. The van der Waals surface area contributed by atoms with Crippen LogP contribution in [0, 0.1) is 0 Å². The number of benzene rings is 26. The van der Waals surface area contributed by atoms with Crippen LogP contribution in [0.3, 0.4) is 0 Å². The Morgan fingerprint density at radius 3 is 0.469 bits per heavy atom. The molecule has 26 aromatic rings. The van der Waals surface area contributed by atoms with Crippen molar-refractivity contribution in [1.82, 2.24) is 0 Å². The van der Waals surface area contributed by atoms with Gasteiger partial charge in [-0.3, -0.25) is 0 Å². The minimum absolute atomic E-state index is 1.11. The average Bonchev–Trinajstić information content (AvgIpc) is 0.790. The van der Waals surface area contributed by atoms with E-state index < -0.39 is 0 Å². The number of nitrogens with zero attached hydrogens (tertiary/aromatic N) is 3. The summed E-state index contributed by atoms with van der Waals surface area (Å²) in [5, 5.41) is 15.2. The van der Waals surface area contributed by atoms with E-state index in [1.54, 1.807) is 0 Å². The third-order valence-corrected chi connectivity index (χ3v) is 28.4. The monoisotopic (exact) mass is 1870 g/mol. The van der Waals surface area contributed by atoms with E-state index in [1.165, 1.54) is 187 Å². The molecule has 0 unspecified atom stereocenters. The number of anilines is 9. The van der Waals surface area contributed by atoms with Crippen molar-refractivity contribution in [2.45, 2.75) is 0 Å². The molecule has 0 aliphatic rings. The summed E-state index contributed by atoms with van der Waals surface area (Å²) in [6, 6.07) is 221. The van der Waals surface area contributed by atoms with Gasteiger partial charge >= 0.3 is 0 Å². The van der Waals surface area contributed by atoms with Crippen molar-refractivity contribution < 1.29 is 0 Å². The molecule has 0 bridgehead atoms. The highest BCUT2D eigenvalue weighted by Gasteiger charge is 2.21. The van der Waals surface area contributed by atoms with Crippen molar-refractivity contribution in [2.75, 3.05) is 14.7 Å². The molecule has 0 saturated carbocycles. The minimum atomic E-state index is 1.11. The van der Waals surface area contributed by atoms with Crippen LogP contribution in [0.15, 0.2) is 613 Å². The first-order chi connectivity index (χ1) is 72.8. The zero-order chi connectivity index (χ0) is 98.0. The van der Waals surface area contributed by atoms with Crippen molar-refractivity contribution in [3.63, 3.8) is 0 Å². The Bertz CT molecular complexity index is 9080. The van der Waals surface area contributed by atoms with Crippen LogP contribution in [-0.2, 0) is 0 Å². The van der Waals surface area contributed by atoms with E-state index in [9.17, 15) is 0 Å². The Hall–Kier alpha value is -19.3. The standard InChI is InChI=1S/2C50H35N.C44H31N/c1-2-13-46(14-3-1)51(47-31-27-39(28-32-47)37-17-19-41(20-18-37)45-26-23-36-9-4-5-11-44(36)35-45)48-33-29-40(30-34-48)38-21-24-43(25-22-38)50-16-8-12-42-10-6-7-15-49(42)50;1-2-9-36(10-3-1)39-23-29-46(30-24-39)51(48-33-27-41(28-34-48)45-22-19-37-11-4-5-13-44(37)35-45)47-31-25-40(26-32-47)38-17-20-43(21-18-38)50-16-8-14-42-12-6-7-15-49(42)50;1-2-9-32(10-3-1)34-19-25-40(26-20-34)45(41-27-21-35(22-28-41)39-18-17-33-11-4-5-13-38(33)31-39)42-29-23-37(24-30-42)44-16-8-14-36-12-6-7-15-43(36)44/h2*1-35H;1-31H. The first-order valence-electron chi connectivity index (χ1n) is 50.4. The summed E-state index contributed by atoms with van der Waals surface area (Å²) in [7, 11) is 0. The molecule has 692 valence electrons. The lowest BCUT2D eigenvalue weighted by Crippen LogP contribution is -2.09. The lowest BCUT2D eigenvalue weighted by Gasteiger charge is -2.26. The topological polar surface area (TPSA) is 9.72 Å². The van der Waals surface area contributed by atoms with Crippen molar-refractivity contribution in [2.24, 2.45) is 0 Å². The predicted octanol–water partition coefficient (Wildman–Crippen LogP) is 40.7. The Morgan fingerprint density at radius 1 is 0.0816 bits per heavy atom. The molecule has 26 rings (SSSR count). The Labute approximate surface area is 859 Å². The first kappa shape index (κ1) is 90.2. The van der Waals surface area contributed by atoms with E-state index in [4.69, 9.17) is 0 Å². The van der Waals surface area contributed by atoms with Crippen LogP contribution in [-0.4, -0.2) is 0 Å². The van der Waals surface area contributed by atoms with Crippen molar-refractivity contribution in [3.05, 3.63) is 613 Å². The highest BCUT2D eigenvalue weighted by atomic mass is 15.2. The normalized spacial score (nSPS) is 11.1. The third kappa shape index (κ3) is 19.5. The molecule has 0 aromatic heterocycles. The molecule has 0 atom stereocenters. The molecule has 3 nitrogen and oxygen atoms in total. The molecule has 0 radical (unpaired) electrons. The van der Waals surface area contributed by atoms with E-state index in [2.05, 4.69) is 627 Å². The van der Waals surface area contributed by atoms with E-state index in [0.717, 1.165) is 51.2 Å². The maximum absolute atomic E-state index is 2.34. The molecule has 0 saturated heterocycles. The van der Waals surface area contributed by atoms with E-state index >= 15 is 0 Å². The van der Waals surface area contributed by atoms with Gasteiger partial charge in [-0.25, -0.2) is 0 Å². The van der Waals surface area contributed by atoms with E-state index in [-0.39, 0.29) is 0 Å². The number of fused-ring (bicyclic) bond motifs is 6. The largest absolute Gasteiger partial charge is 0.311 e. The number of hydrogen-bond acceptors (Lipinski definition) is 3. The van der Waals surface area contributed by atoms with Crippen LogP contribution in [0.4, 0.5) is 51.2 Å². The van der Waals surface area contributed by atoms with Gasteiger partial charge < -0.3 is 14.7 Å². The van der Waals surface area contributed by atoms with Crippen LogP contribution in [0.1, 0.15) is 0 Å². The van der Waals surface area contributed by atoms with E-state index in [0.29, 0.717) is 0 Å². The molecule has 0 spiro atoms. The van der Waals surface area contributed by atoms with Gasteiger partial charge in [-0.2, -0.15) is 0 Å². The smallest absolute Gasteiger partial charge is 0.0462 e. The molecule has 147 heavy (non-hydrogen) atoms. The highest BCUT2D eigenvalue weighted by molar-refractivity contribution is 6.01. The van der Waals surface area contributed by atoms with Gasteiger partial charge in [0.1, 0.15) is 0 Å². The summed E-state index contributed by atoms with van der Waals surface area (Å²) in [4.78, 5) is 7.00. The fourth-order valence-corrected chi connectivity index (χ4v) is 20.7. The van der Waals surface area contributed by atoms with E-state index in [1.807, 2.05) is 0 Å². The van der Waals surface area contributed by atoms with Gasteiger partial charge in [0, 0.05) is 51.2 Å². The molecular formula is C144H101N3. The van der Waals surface area contributed by atoms with Crippen LogP contribution in [0.5, 0.6) is 0 Å². The molecule has 0 aliphatic carbocycles. The lowest BCUT2D eigenvalue weighted by molar-refractivity contribution is 1.28. The van der Waals surface area contributed by atoms with Crippen molar-refractivity contribution in [1.29, 1.82) is 0 Å². The second kappa shape index (κ2) is 41.5. The average molecular weight is 1870 g/mol. The second-order valence-electron chi connectivity index (χ2n) is 37.4. The summed E-state index contributed by atoms with van der Waals surface area (Å²) in [5.41, 5.74) is 36.8. The molecule has 0 fully saturated rings. The summed E-state index contributed by atoms with van der Waals surface area (Å²) < 4.78 is 0. The molecule has 3 heteroatoms. The molecule has 0 N–H and O–H groups in total. The van der Waals surface area contributed by atoms with Crippen LogP contribution in [0.2, 0.25) is 0 Å². The summed E-state index contributed by atoms with van der Waals surface area (Å²) in [6.45, 7) is 0. The Kier molecular flexibility index (Phi) is 25.5. The number of hydrogen-bond donors (Lipinski definition) is 0. The van der Waals surface area contributed by atoms with Crippen LogP contribution < -0.4 is 14.7 Å².